The van der Waals surface area contributed by atoms with Crippen LogP contribution in [-0.4, -0.2) is 11.8 Å². The minimum Gasteiger partial charge on any atom is -0.466 e. The van der Waals surface area contributed by atoms with Crippen LogP contribution in [0.25, 0.3) is 0 Å². The van der Waals surface area contributed by atoms with E-state index in [1.165, 1.54) is 0 Å². The highest BCUT2D eigenvalue weighted by Crippen LogP contribution is 2.30. The van der Waals surface area contributed by atoms with E-state index >= 15 is 0 Å². The van der Waals surface area contributed by atoms with E-state index in [4.69, 9.17) is 4.42 Å². The van der Waals surface area contributed by atoms with Gasteiger partial charge in [-0.1, -0.05) is 0 Å². The monoisotopic (exact) mass is 312 g/mol. The van der Waals surface area contributed by atoms with Gasteiger partial charge in [-0.15, -0.1) is 0 Å². The van der Waals surface area contributed by atoms with Crippen LogP contribution in [0.4, 0.5) is 11.4 Å². The van der Waals surface area contributed by atoms with E-state index in [0.29, 0.717) is 17.0 Å². The van der Waals surface area contributed by atoms with Gasteiger partial charge in [0.1, 0.15) is 11.5 Å². The van der Waals surface area contributed by atoms with Crippen LogP contribution in [0.1, 0.15) is 40.3 Å². The highest BCUT2D eigenvalue weighted by atomic mass is 16.3. The van der Waals surface area contributed by atoms with Crippen molar-refractivity contribution >= 4 is 23.2 Å². The van der Waals surface area contributed by atoms with Crippen molar-refractivity contribution in [3.05, 3.63) is 46.9 Å². The summed E-state index contributed by atoms with van der Waals surface area (Å²) in [5, 5.41) is 5.73. The van der Waals surface area contributed by atoms with Crippen molar-refractivity contribution in [2.45, 2.75) is 33.6 Å². The predicted octanol–water partition coefficient (Wildman–Crippen LogP) is 3.81. The minimum atomic E-state index is -0.188. The second-order valence-electron chi connectivity index (χ2n) is 6.01. The number of hydrogen-bond acceptors (Lipinski definition) is 3. The Morgan fingerprint density at radius 3 is 2.00 bits per heavy atom. The van der Waals surface area contributed by atoms with Gasteiger partial charge in [0.05, 0.1) is 5.56 Å². The fourth-order valence-electron chi connectivity index (χ4n) is 2.55. The summed E-state index contributed by atoms with van der Waals surface area (Å²) in [6.45, 7) is 5.50. The molecule has 0 radical (unpaired) electrons. The van der Waals surface area contributed by atoms with Crippen molar-refractivity contribution in [2.24, 2.45) is 5.92 Å². The maximum Gasteiger partial charge on any atom is 0.259 e. The number of anilines is 2. The molecule has 1 fully saturated rings. The van der Waals surface area contributed by atoms with Crippen LogP contribution in [0.2, 0.25) is 0 Å². The third-order valence-electron chi connectivity index (χ3n) is 4.15. The molecule has 5 heteroatoms. The molecule has 0 aliphatic heterocycles. The van der Waals surface area contributed by atoms with Gasteiger partial charge in [0.2, 0.25) is 5.91 Å². The molecule has 23 heavy (non-hydrogen) atoms. The van der Waals surface area contributed by atoms with E-state index in [2.05, 4.69) is 10.6 Å². The lowest BCUT2D eigenvalue weighted by Crippen LogP contribution is -2.14. The van der Waals surface area contributed by atoms with Gasteiger partial charge < -0.3 is 15.1 Å². The number of carbonyl (C=O) groups is 2. The van der Waals surface area contributed by atoms with Crippen LogP contribution in [0.3, 0.4) is 0 Å². The number of rotatable bonds is 4. The summed E-state index contributed by atoms with van der Waals surface area (Å²) in [6.07, 6.45) is 1.95. The maximum absolute atomic E-state index is 12.4. The summed E-state index contributed by atoms with van der Waals surface area (Å²) in [6, 6.07) is 7.13. The molecule has 1 heterocycles. The Labute approximate surface area is 135 Å². The predicted molar refractivity (Wildman–Crippen MR) is 88.7 cm³/mol. The Morgan fingerprint density at radius 2 is 1.52 bits per heavy atom. The van der Waals surface area contributed by atoms with Crippen molar-refractivity contribution in [1.82, 2.24) is 0 Å². The van der Waals surface area contributed by atoms with E-state index < -0.39 is 0 Å². The number of carbonyl (C=O) groups excluding carboxylic acids is 2. The molecule has 0 spiro atoms. The molecule has 0 saturated heterocycles. The van der Waals surface area contributed by atoms with Gasteiger partial charge in [-0.3, -0.25) is 9.59 Å². The van der Waals surface area contributed by atoms with Crippen LogP contribution in [0.5, 0.6) is 0 Å². The topological polar surface area (TPSA) is 71.3 Å². The Bertz CT molecular complexity index is 755. The van der Waals surface area contributed by atoms with Gasteiger partial charge in [-0.05, 0) is 57.9 Å². The molecule has 1 aliphatic rings. The molecule has 0 bridgehead atoms. The minimum absolute atomic E-state index is 0.0712. The smallest absolute Gasteiger partial charge is 0.259 e. The molecule has 5 nitrogen and oxygen atoms in total. The zero-order valence-corrected chi connectivity index (χ0v) is 13.5. The fourth-order valence-corrected chi connectivity index (χ4v) is 2.55. The Morgan fingerprint density at radius 1 is 0.957 bits per heavy atom. The maximum atomic E-state index is 12.4. The number of furan rings is 1. The zero-order chi connectivity index (χ0) is 16.6. The summed E-state index contributed by atoms with van der Waals surface area (Å²) in [7, 11) is 0. The van der Waals surface area contributed by atoms with Crippen LogP contribution >= 0.6 is 0 Å². The number of nitrogens with one attached hydrogen (secondary N) is 2. The number of aryl methyl sites for hydroxylation is 2. The first kappa shape index (κ1) is 15.3. The quantitative estimate of drug-likeness (QED) is 0.902. The lowest BCUT2D eigenvalue weighted by Gasteiger charge is -2.08. The van der Waals surface area contributed by atoms with E-state index in [1.807, 2.05) is 13.8 Å². The lowest BCUT2D eigenvalue weighted by molar-refractivity contribution is -0.117. The van der Waals surface area contributed by atoms with Crippen LogP contribution < -0.4 is 10.6 Å². The summed E-state index contributed by atoms with van der Waals surface area (Å²) < 4.78 is 5.49. The van der Waals surface area contributed by atoms with Crippen LogP contribution in [0.15, 0.2) is 28.7 Å². The highest BCUT2D eigenvalue weighted by Gasteiger charge is 2.29. The average Bonchev–Trinajstić information content (AvgIpc) is 3.30. The molecule has 0 atom stereocenters. The van der Waals surface area contributed by atoms with E-state index in [1.54, 1.807) is 31.2 Å². The van der Waals surface area contributed by atoms with Crippen molar-refractivity contribution in [1.29, 1.82) is 0 Å². The number of hydrogen-bond donors (Lipinski definition) is 2. The Hall–Kier alpha value is -2.56. The first-order valence-electron chi connectivity index (χ1n) is 7.74. The molecular formula is C18H20N2O3. The molecule has 1 aromatic heterocycles. The van der Waals surface area contributed by atoms with Gasteiger partial charge in [0.15, 0.2) is 0 Å². The van der Waals surface area contributed by atoms with E-state index in [-0.39, 0.29) is 17.7 Å². The van der Waals surface area contributed by atoms with Gasteiger partial charge in [-0.2, -0.15) is 0 Å². The third-order valence-corrected chi connectivity index (χ3v) is 4.15. The molecule has 1 aliphatic carbocycles. The van der Waals surface area contributed by atoms with Crippen LogP contribution in [0, 0.1) is 26.7 Å². The molecule has 2 N–H and O–H groups in total. The zero-order valence-electron chi connectivity index (χ0n) is 13.5. The second kappa shape index (κ2) is 5.91. The largest absolute Gasteiger partial charge is 0.466 e. The van der Waals surface area contributed by atoms with Crippen LogP contribution in [-0.2, 0) is 4.79 Å². The Balaban J connectivity index is 1.67. The molecule has 120 valence electrons. The van der Waals surface area contributed by atoms with Gasteiger partial charge >= 0.3 is 0 Å². The third kappa shape index (κ3) is 3.28. The highest BCUT2D eigenvalue weighted by molar-refractivity contribution is 6.06. The molecule has 1 aromatic carbocycles. The summed E-state index contributed by atoms with van der Waals surface area (Å²) >= 11 is 0. The first-order valence-corrected chi connectivity index (χ1v) is 7.74. The fraction of sp³-hybridized carbons (Fsp3) is 0.333. The van der Waals surface area contributed by atoms with Crippen molar-refractivity contribution in [2.75, 3.05) is 10.6 Å². The molecule has 2 amide bonds. The van der Waals surface area contributed by atoms with Gasteiger partial charge in [0, 0.05) is 22.9 Å². The molecule has 3 rings (SSSR count). The van der Waals surface area contributed by atoms with Crippen molar-refractivity contribution < 1.29 is 14.0 Å². The summed E-state index contributed by atoms with van der Waals surface area (Å²) in [5.41, 5.74) is 2.85. The lowest BCUT2D eigenvalue weighted by atomic mass is 10.1. The van der Waals surface area contributed by atoms with Crippen molar-refractivity contribution in [3.8, 4) is 0 Å². The molecular weight excluding hydrogens is 292 g/mol. The summed E-state index contributed by atoms with van der Waals surface area (Å²) in [5.74, 6) is 1.43. The summed E-state index contributed by atoms with van der Waals surface area (Å²) in [4.78, 5) is 24.1. The SMILES string of the molecule is Cc1oc(C)c(C(=O)Nc2ccc(NC(=O)C3CC3)cc2)c1C. The van der Waals surface area contributed by atoms with Gasteiger partial charge in [0.25, 0.3) is 5.91 Å². The standard InChI is InChI=1S/C18H20N2O3/c1-10-11(2)23-12(3)16(10)18(22)20-15-8-6-14(7-9-15)19-17(21)13-4-5-13/h6-9,13H,4-5H2,1-3H3,(H,19,21)(H,20,22). The molecule has 1 saturated carbocycles. The average molecular weight is 312 g/mol. The number of benzene rings is 1. The number of amides is 2. The first-order chi connectivity index (χ1) is 11.0. The van der Waals surface area contributed by atoms with Gasteiger partial charge in [-0.25, -0.2) is 0 Å². The Kier molecular flexibility index (Phi) is 3.94. The normalized spacial score (nSPS) is 13.7. The van der Waals surface area contributed by atoms with E-state index in [0.717, 1.165) is 29.9 Å². The second-order valence-corrected chi connectivity index (χ2v) is 6.01. The molecule has 0 unspecified atom stereocenters. The molecule has 2 aromatic rings. The van der Waals surface area contributed by atoms with E-state index in [9.17, 15) is 9.59 Å². The van der Waals surface area contributed by atoms with Crippen molar-refractivity contribution in [3.63, 3.8) is 0 Å².